The number of halogens is 2. The number of fused-ring (bicyclic) bond motifs is 1. The molecule has 3 aromatic rings. The number of nitriles is 1. The first-order chi connectivity index (χ1) is 16.4. The maximum atomic E-state index is 13.4. The Kier molecular flexibility index (Phi) is 7.17. The highest BCUT2D eigenvalue weighted by Gasteiger charge is 2.21. The highest BCUT2D eigenvalue weighted by Crippen LogP contribution is 2.32. The van der Waals surface area contributed by atoms with Gasteiger partial charge in [-0.3, -0.25) is 14.0 Å². The first kappa shape index (κ1) is 23.8. The molecular formula is C24H20Cl2N4O4. The molecule has 0 aliphatic carbocycles. The third kappa shape index (κ3) is 5.07. The molecule has 4 rings (SSSR count). The molecule has 0 spiro atoms. The molecule has 34 heavy (non-hydrogen) atoms. The molecule has 1 amide bonds. The third-order valence-corrected chi connectivity index (χ3v) is 5.85. The van der Waals surface area contributed by atoms with E-state index < -0.39 is 11.5 Å². The second-order valence-electron chi connectivity index (χ2n) is 7.71. The van der Waals surface area contributed by atoms with Gasteiger partial charge in [0, 0.05) is 24.4 Å². The molecule has 1 N–H and O–H groups in total. The minimum Gasteiger partial charge on any atom is -0.437 e. The number of nitrogens with zero attached hydrogens (tertiary/aromatic N) is 3. The number of pyridine rings is 1. The average molecular weight is 499 g/mol. The van der Waals surface area contributed by atoms with E-state index in [1.807, 2.05) is 6.07 Å². The first-order valence-electron chi connectivity index (χ1n) is 10.5. The van der Waals surface area contributed by atoms with Gasteiger partial charge in [-0.05, 0) is 55.7 Å². The van der Waals surface area contributed by atoms with E-state index in [2.05, 4.69) is 10.3 Å². The van der Waals surface area contributed by atoms with Crippen LogP contribution < -0.4 is 15.6 Å². The second-order valence-corrected chi connectivity index (χ2v) is 8.56. The quantitative estimate of drug-likeness (QED) is 0.401. The van der Waals surface area contributed by atoms with Crippen LogP contribution >= 0.6 is 23.2 Å². The Labute approximate surface area is 205 Å². The SMILES string of the molecule is Cc1cccn2c(=O)c(/C=C(\C#N)C(=O)NC[C@@H]3CCCO3)c(Oc3ccc(Cl)cc3Cl)nc12. The number of hydrogen-bond donors (Lipinski definition) is 1. The fourth-order valence-electron chi connectivity index (χ4n) is 3.56. The van der Waals surface area contributed by atoms with Gasteiger partial charge in [0.15, 0.2) is 0 Å². The lowest BCUT2D eigenvalue weighted by Crippen LogP contribution is -2.32. The van der Waals surface area contributed by atoms with Gasteiger partial charge in [-0.25, -0.2) is 0 Å². The van der Waals surface area contributed by atoms with Gasteiger partial charge in [-0.1, -0.05) is 29.3 Å². The van der Waals surface area contributed by atoms with E-state index >= 15 is 0 Å². The summed E-state index contributed by atoms with van der Waals surface area (Å²) >= 11 is 12.2. The molecule has 1 aliphatic heterocycles. The number of hydrogen-bond acceptors (Lipinski definition) is 6. The average Bonchev–Trinajstić information content (AvgIpc) is 3.34. The summed E-state index contributed by atoms with van der Waals surface area (Å²) < 4.78 is 12.7. The number of carbonyl (C=O) groups excluding carboxylic acids is 1. The van der Waals surface area contributed by atoms with Gasteiger partial charge in [0.05, 0.1) is 11.1 Å². The van der Waals surface area contributed by atoms with Crippen molar-refractivity contribution in [2.75, 3.05) is 13.2 Å². The lowest BCUT2D eigenvalue weighted by Gasteiger charge is -2.13. The van der Waals surface area contributed by atoms with E-state index in [0.717, 1.165) is 18.4 Å². The highest BCUT2D eigenvalue weighted by atomic mass is 35.5. The summed E-state index contributed by atoms with van der Waals surface area (Å²) in [5, 5.41) is 12.9. The number of aryl methyl sites for hydroxylation is 1. The summed E-state index contributed by atoms with van der Waals surface area (Å²) in [5.41, 5.74) is 0.256. The Balaban J connectivity index is 1.78. The zero-order valence-corrected chi connectivity index (χ0v) is 19.7. The fourth-order valence-corrected chi connectivity index (χ4v) is 4.00. The molecule has 1 atom stereocenters. The minimum absolute atomic E-state index is 0.0714. The maximum Gasteiger partial charge on any atom is 0.269 e. The molecule has 0 saturated carbocycles. The summed E-state index contributed by atoms with van der Waals surface area (Å²) in [6.07, 6.45) is 4.40. The van der Waals surface area contributed by atoms with Crippen molar-refractivity contribution in [3.63, 3.8) is 0 Å². The minimum atomic E-state index is -0.623. The molecule has 2 aromatic heterocycles. The summed E-state index contributed by atoms with van der Waals surface area (Å²) in [6.45, 7) is 2.72. The molecule has 0 radical (unpaired) electrons. The molecule has 1 aliphatic rings. The smallest absolute Gasteiger partial charge is 0.269 e. The maximum absolute atomic E-state index is 13.4. The Hall–Kier alpha value is -3.38. The van der Waals surface area contributed by atoms with Gasteiger partial charge in [-0.2, -0.15) is 10.2 Å². The van der Waals surface area contributed by atoms with Crippen LogP contribution in [0.1, 0.15) is 24.0 Å². The van der Waals surface area contributed by atoms with Crippen LogP contribution in [0.5, 0.6) is 11.6 Å². The zero-order chi connectivity index (χ0) is 24.2. The van der Waals surface area contributed by atoms with Crippen molar-refractivity contribution in [3.05, 3.63) is 73.6 Å². The van der Waals surface area contributed by atoms with E-state index in [0.29, 0.717) is 17.3 Å². The highest BCUT2D eigenvalue weighted by molar-refractivity contribution is 6.35. The van der Waals surface area contributed by atoms with Crippen LogP contribution in [0.15, 0.2) is 46.9 Å². The van der Waals surface area contributed by atoms with Crippen LogP contribution in [0.4, 0.5) is 0 Å². The van der Waals surface area contributed by atoms with Crippen LogP contribution in [0.25, 0.3) is 11.7 Å². The molecule has 8 nitrogen and oxygen atoms in total. The largest absolute Gasteiger partial charge is 0.437 e. The van der Waals surface area contributed by atoms with Gasteiger partial charge in [0.25, 0.3) is 11.5 Å². The fraction of sp³-hybridized carbons (Fsp3) is 0.250. The first-order valence-corrected chi connectivity index (χ1v) is 11.3. The van der Waals surface area contributed by atoms with Gasteiger partial charge < -0.3 is 14.8 Å². The van der Waals surface area contributed by atoms with E-state index in [4.69, 9.17) is 32.7 Å². The molecule has 3 heterocycles. The van der Waals surface area contributed by atoms with Crippen molar-refractivity contribution in [1.82, 2.24) is 14.7 Å². The molecule has 1 saturated heterocycles. The topological polar surface area (TPSA) is 106 Å². The van der Waals surface area contributed by atoms with Crippen molar-refractivity contribution in [2.24, 2.45) is 0 Å². The van der Waals surface area contributed by atoms with Gasteiger partial charge in [0.1, 0.15) is 28.6 Å². The monoisotopic (exact) mass is 498 g/mol. The van der Waals surface area contributed by atoms with Crippen LogP contribution in [-0.2, 0) is 9.53 Å². The number of ether oxygens (including phenoxy) is 2. The molecule has 0 bridgehead atoms. The second kappa shape index (κ2) is 10.3. The van der Waals surface area contributed by atoms with E-state index in [9.17, 15) is 14.9 Å². The predicted molar refractivity (Wildman–Crippen MR) is 128 cm³/mol. The Morgan fingerprint density at radius 1 is 1.41 bits per heavy atom. The van der Waals surface area contributed by atoms with Gasteiger partial charge in [0.2, 0.25) is 5.88 Å². The Bertz CT molecular complexity index is 1390. The van der Waals surface area contributed by atoms with E-state index in [1.165, 1.54) is 16.5 Å². The molecule has 174 valence electrons. The van der Waals surface area contributed by atoms with Crippen LogP contribution in [-0.4, -0.2) is 34.5 Å². The number of amides is 1. The van der Waals surface area contributed by atoms with Gasteiger partial charge >= 0.3 is 0 Å². The Morgan fingerprint density at radius 3 is 2.94 bits per heavy atom. The number of nitrogens with one attached hydrogen (secondary N) is 1. The number of benzene rings is 1. The zero-order valence-electron chi connectivity index (χ0n) is 18.2. The van der Waals surface area contributed by atoms with Crippen LogP contribution in [0, 0.1) is 18.3 Å². The van der Waals surface area contributed by atoms with Crippen molar-refractivity contribution in [2.45, 2.75) is 25.9 Å². The van der Waals surface area contributed by atoms with E-state index in [-0.39, 0.29) is 40.4 Å². The summed E-state index contributed by atoms with van der Waals surface area (Å²) in [4.78, 5) is 30.5. The normalized spacial score (nSPS) is 15.8. The molecule has 10 heteroatoms. The number of aromatic nitrogens is 2. The standard InChI is InChI=1S/C24H20Cl2N4O4/c1-14-4-2-8-30-21(14)29-23(34-20-7-6-16(25)11-19(20)26)18(24(30)32)10-15(12-27)22(31)28-13-17-5-3-9-33-17/h2,4,6-8,10-11,17H,3,5,9,13H2,1H3,(H,28,31)/b15-10+/t17-/m0/s1. The lowest BCUT2D eigenvalue weighted by atomic mass is 10.1. The molecule has 1 aromatic carbocycles. The van der Waals surface area contributed by atoms with Crippen molar-refractivity contribution >= 4 is 40.8 Å². The van der Waals surface area contributed by atoms with Gasteiger partial charge in [-0.15, -0.1) is 0 Å². The number of carbonyl (C=O) groups is 1. The van der Waals surface area contributed by atoms with Crippen LogP contribution in [0.2, 0.25) is 10.0 Å². The van der Waals surface area contributed by atoms with Crippen molar-refractivity contribution in [3.8, 4) is 17.7 Å². The summed E-state index contributed by atoms with van der Waals surface area (Å²) in [5.74, 6) is -0.502. The van der Waals surface area contributed by atoms with Crippen LogP contribution in [0.3, 0.4) is 0 Å². The molecule has 0 unspecified atom stereocenters. The van der Waals surface area contributed by atoms with E-state index in [1.54, 1.807) is 37.4 Å². The molecule has 1 fully saturated rings. The lowest BCUT2D eigenvalue weighted by molar-refractivity contribution is -0.117. The molecular weight excluding hydrogens is 479 g/mol. The third-order valence-electron chi connectivity index (χ3n) is 5.32. The predicted octanol–water partition coefficient (Wildman–Crippen LogP) is 4.30. The van der Waals surface area contributed by atoms with Crippen molar-refractivity contribution < 1.29 is 14.3 Å². The number of rotatable bonds is 6. The Morgan fingerprint density at radius 2 is 2.24 bits per heavy atom. The summed E-state index contributed by atoms with van der Waals surface area (Å²) in [6, 6.07) is 9.97. The summed E-state index contributed by atoms with van der Waals surface area (Å²) in [7, 11) is 0. The van der Waals surface area contributed by atoms with Crippen molar-refractivity contribution in [1.29, 1.82) is 5.26 Å².